The molecule has 1 N–H and O–H groups in total. The highest BCUT2D eigenvalue weighted by Crippen LogP contribution is 2.27. The summed E-state index contributed by atoms with van der Waals surface area (Å²) in [4.78, 5) is 30.3. The maximum Gasteiger partial charge on any atom is 0.325 e. The van der Waals surface area contributed by atoms with Crippen molar-refractivity contribution in [2.75, 3.05) is 13.2 Å². The molecule has 0 radical (unpaired) electrons. The van der Waals surface area contributed by atoms with Crippen LogP contribution in [-0.4, -0.2) is 40.6 Å². The molecule has 1 atom stereocenters. The molecule has 0 bridgehead atoms. The van der Waals surface area contributed by atoms with Crippen molar-refractivity contribution < 1.29 is 14.3 Å². The van der Waals surface area contributed by atoms with Gasteiger partial charge in [0.25, 0.3) is 5.91 Å². The summed E-state index contributed by atoms with van der Waals surface area (Å²) < 4.78 is 5.27. The van der Waals surface area contributed by atoms with Gasteiger partial charge in [-0.05, 0) is 18.1 Å². The van der Waals surface area contributed by atoms with E-state index in [1.54, 1.807) is 0 Å². The third-order valence-corrected chi connectivity index (χ3v) is 4.01. The Hall–Kier alpha value is -1.95. The Labute approximate surface area is 123 Å². The van der Waals surface area contributed by atoms with Crippen LogP contribution in [0.25, 0.3) is 0 Å². The molecule has 3 heterocycles. The van der Waals surface area contributed by atoms with E-state index in [9.17, 15) is 9.59 Å². The van der Waals surface area contributed by atoms with Gasteiger partial charge >= 0.3 is 6.03 Å². The third kappa shape index (κ3) is 2.40. The topological polar surface area (TPSA) is 71.5 Å². The number of hydrogen-bond donors (Lipinski definition) is 1. The smallest absolute Gasteiger partial charge is 0.325 e. The number of pyridine rings is 1. The number of amides is 3. The first-order valence-electron chi connectivity index (χ1n) is 7.19. The molecular formula is C15H19N3O3. The van der Waals surface area contributed by atoms with Gasteiger partial charge < -0.3 is 10.1 Å². The molecule has 21 heavy (non-hydrogen) atoms. The van der Waals surface area contributed by atoms with Crippen LogP contribution in [0.4, 0.5) is 4.79 Å². The first kappa shape index (κ1) is 14.0. The van der Waals surface area contributed by atoms with Crippen molar-refractivity contribution in [3.05, 3.63) is 29.6 Å². The number of urea groups is 1. The van der Waals surface area contributed by atoms with Gasteiger partial charge in [-0.15, -0.1) is 0 Å². The van der Waals surface area contributed by atoms with Gasteiger partial charge in [-0.3, -0.25) is 14.7 Å². The minimum atomic E-state index is -0.854. The molecular weight excluding hydrogens is 270 g/mol. The molecule has 2 saturated heterocycles. The van der Waals surface area contributed by atoms with Crippen molar-refractivity contribution in [1.29, 1.82) is 0 Å². The highest BCUT2D eigenvalue weighted by atomic mass is 16.5. The summed E-state index contributed by atoms with van der Waals surface area (Å²) in [5, 5.41) is 2.77. The lowest BCUT2D eigenvalue weighted by atomic mass is 9.99. The summed E-state index contributed by atoms with van der Waals surface area (Å²) in [7, 11) is 0. The normalized spacial score (nSPS) is 25.2. The number of hydrogen-bond acceptors (Lipinski definition) is 4. The Bertz CT molecular complexity index is 579. The zero-order valence-electron chi connectivity index (χ0n) is 12.3. The molecule has 6 heteroatoms. The number of ether oxygens (including phenoxy) is 1. The van der Waals surface area contributed by atoms with Crippen LogP contribution in [-0.2, 0) is 16.1 Å². The lowest BCUT2D eigenvalue weighted by Gasteiger charge is -2.18. The number of carbonyl (C=O) groups is 2. The first-order chi connectivity index (χ1) is 10.0. The maximum absolute atomic E-state index is 12.5. The third-order valence-electron chi connectivity index (χ3n) is 4.01. The van der Waals surface area contributed by atoms with E-state index in [4.69, 9.17) is 4.74 Å². The zero-order valence-corrected chi connectivity index (χ0v) is 12.3. The lowest BCUT2D eigenvalue weighted by Crippen LogP contribution is -2.47. The Balaban J connectivity index is 1.80. The van der Waals surface area contributed by atoms with Gasteiger partial charge in [0.15, 0.2) is 0 Å². The number of carbonyl (C=O) groups excluding carboxylic acids is 2. The summed E-state index contributed by atoms with van der Waals surface area (Å²) in [5.41, 5.74) is 0.825. The highest BCUT2D eigenvalue weighted by molar-refractivity contribution is 6.07. The largest absolute Gasteiger partial charge is 0.378 e. The van der Waals surface area contributed by atoms with E-state index in [2.05, 4.69) is 24.1 Å². The Morgan fingerprint density at radius 2 is 2.24 bits per heavy atom. The number of nitrogens with one attached hydrogen (secondary N) is 1. The van der Waals surface area contributed by atoms with Gasteiger partial charge in [0.2, 0.25) is 0 Å². The van der Waals surface area contributed by atoms with Gasteiger partial charge in [-0.2, -0.15) is 0 Å². The summed E-state index contributed by atoms with van der Waals surface area (Å²) in [6, 6.07) is 5.33. The predicted molar refractivity (Wildman–Crippen MR) is 75.6 cm³/mol. The summed E-state index contributed by atoms with van der Waals surface area (Å²) in [6.07, 6.45) is 0.535. The maximum atomic E-state index is 12.5. The highest BCUT2D eigenvalue weighted by Gasteiger charge is 2.53. The molecule has 0 unspecified atom stereocenters. The molecule has 1 aromatic heterocycles. The second-order valence-corrected chi connectivity index (χ2v) is 5.91. The average molecular weight is 289 g/mol. The Morgan fingerprint density at radius 3 is 2.90 bits per heavy atom. The Morgan fingerprint density at radius 1 is 1.43 bits per heavy atom. The van der Waals surface area contributed by atoms with E-state index >= 15 is 0 Å². The molecule has 2 aliphatic rings. The van der Waals surface area contributed by atoms with Gasteiger partial charge in [-0.25, -0.2) is 4.79 Å². The lowest BCUT2D eigenvalue weighted by molar-refractivity contribution is -0.131. The second kappa shape index (κ2) is 5.11. The monoisotopic (exact) mass is 289 g/mol. The van der Waals surface area contributed by atoms with Crippen LogP contribution in [0, 0.1) is 0 Å². The molecule has 0 aromatic carbocycles. The molecule has 2 aliphatic heterocycles. The molecule has 3 rings (SSSR count). The fourth-order valence-electron chi connectivity index (χ4n) is 2.72. The summed E-state index contributed by atoms with van der Waals surface area (Å²) >= 11 is 0. The standard InChI is InChI=1S/C15H19N3O3/c1-10(2)12-5-3-4-11(16-12)8-18-13(19)15(17-14(18)20)6-7-21-9-15/h3-5,10H,6-9H2,1-2H3,(H,17,20)/t15-/m0/s1. The molecule has 2 fully saturated rings. The van der Waals surface area contributed by atoms with Crippen LogP contribution in [0.1, 0.15) is 37.6 Å². The van der Waals surface area contributed by atoms with Gasteiger partial charge in [-0.1, -0.05) is 19.9 Å². The van der Waals surface area contributed by atoms with Crippen LogP contribution in [0.15, 0.2) is 18.2 Å². The number of rotatable bonds is 3. The molecule has 0 saturated carbocycles. The van der Waals surface area contributed by atoms with Crippen LogP contribution in [0.2, 0.25) is 0 Å². The van der Waals surface area contributed by atoms with Crippen LogP contribution >= 0.6 is 0 Å². The van der Waals surface area contributed by atoms with Gasteiger partial charge in [0, 0.05) is 18.7 Å². The first-order valence-corrected chi connectivity index (χ1v) is 7.19. The van der Waals surface area contributed by atoms with E-state index < -0.39 is 5.54 Å². The van der Waals surface area contributed by atoms with Gasteiger partial charge in [0.05, 0.1) is 18.8 Å². The number of imide groups is 1. The van der Waals surface area contributed by atoms with E-state index in [1.165, 1.54) is 4.90 Å². The van der Waals surface area contributed by atoms with Crippen molar-refractivity contribution in [1.82, 2.24) is 15.2 Å². The SMILES string of the molecule is CC(C)c1cccc(CN2C(=O)N[C@]3(CCOC3)C2=O)n1. The van der Waals surface area contributed by atoms with Crippen molar-refractivity contribution in [3.8, 4) is 0 Å². The van der Waals surface area contributed by atoms with Crippen molar-refractivity contribution in [3.63, 3.8) is 0 Å². The Kier molecular flexibility index (Phi) is 3.41. The van der Waals surface area contributed by atoms with Crippen LogP contribution in [0.5, 0.6) is 0 Å². The minimum absolute atomic E-state index is 0.201. The van der Waals surface area contributed by atoms with E-state index in [1.807, 2.05) is 18.2 Å². The number of nitrogens with zero attached hydrogens (tertiary/aromatic N) is 2. The minimum Gasteiger partial charge on any atom is -0.378 e. The summed E-state index contributed by atoms with van der Waals surface area (Å²) in [5.74, 6) is 0.101. The average Bonchev–Trinajstić information content (AvgIpc) is 3.01. The van der Waals surface area contributed by atoms with Crippen molar-refractivity contribution in [2.45, 2.75) is 38.3 Å². The predicted octanol–water partition coefficient (Wildman–Crippen LogP) is 1.42. The molecule has 112 valence electrons. The van der Waals surface area contributed by atoms with Crippen molar-refractivity contribution >= 4 is 11.9 Å². The van der Waals surface area contributed by atoms with Crippen LogP contribution in [0.3, 0.4) is 0 Å². The van der Waals surface area contributed by atoms with Crippen molar-refractivity contribution in [2.24, 2.45) is 0 Å². The zero-order chi connectivity index (χ0) is 15.0. The summed E-state index contributed by atoms with van der Waals surface area (Å²) in [6.45, 7) is 5.08. The van der Waals surface area contributed by atoms with E-state index in [0.29, 0.717) is 18.9 Å². The fraction of sp³-hybridized carbons (Fsp3) is 0.533. The number of aromatic nitrogens is 1. The van der Waals surface area contributed by atoms with E-state index in [0.717, 1.165) is 11.4 Å². The molecule has 1 spiro atoms. The second-order valence-electron chi connectivity index (χ2n) is 5.91. The fourth-order valence-corrected chi connectivity index (χ4v) is 2.72. The molecule has 0 aliphatic carbocycles. The van der Waals surface area contributed by atoms with Gasteiger partial charge in [0.1, 0.15) is 5.54 Å². The van der Waals surface area contributed by atoms with E-state index in [-0.39, 0.29) is 25.1 Å². The molecule has 3 amide bonds. The van der Waals surface area contributed by atoms with Crippen LogP contribution < -0.4 is 5.32 Å². The molecule has 6 nitrogen and oxygen atoms in total. The molecule has 1 aromatic rings. The quantitative estimate of drug-likeness (QED) is 0.854.